The summed E-state index contributed by atoms with van der Waals surface area (Å²) in [5.41, 5.74) is 5.25. The minimum absolute atomic E-state index is 0.0950. The highest BCUT2D eigenvalue weighted by atomic mass is 35.5. The molecular weight excluding hydrogens is 340 g/mol. The van der Waals surface area contributed by atoms with E-state index < -0.39 is 23.1 Å². The summed E-state index contributed by atoms with van der Waals surface area (Å²) in [6.07, 6.45) is 0. The Labute approximate surface area is 139 Å². The van der Waals surface area contributed by atoms with Crippen molar-refractivity contribution >= 4 is 35.1 Å². The molecule has 0 spiro atoms. The number of benzene rings is 2. The van der Waals surface area contributed by atoms with E-state index in [0.29, 0.717) is 15.4 Å². The number of rotatable bonds is 3. The average molecular weight is 350 g/mol. The summed E-state index contributed by atoms with van der Waals surface area (Å²) in [5.74, 6) is -3.39. The largest absolute Gasteiger partial charge is 0.366 e. The van der Waals surface area contributed by atoms with Crippen LogP contribution in [0.4, 0.5) is 26.4 Å². The standard InChI is InChI=1S/C15H10ClF2N5O/c16-8-3-1-4-9(7-8)20-15-21-14(19)22-23(15)13(24)12-10(17)5-2-6-11(12)18/h1-7H,(H3,19,20,21,22). The van der Waals surface area contributed by atoms with Crippen molar-refractivity contribution in [3.05, 3.63) is 64.7 Å². The Bertz CT molecular complexity index is 908. The van der Waals surface area contributed by atoms with Gasteiger partial charge in [0, 0.05) is 10.7 Å². The molecule has 6 nitrogen and oxygen atoms in total. The second kappa shape index (κ2) is 6.25. The van der Waals surface area contributed by atoms with Crippen molar-refractivity contribution in [2.45, 2.75) is 0 Å². The highest BCUT2D eigenvalue weighted by Gasteiger charge is 2.23. The van der Waals surface area contributed by atoms with Crippen LogP contribution in [-0.2, 0) is 0 Å². The minimum Gasteiger partial charge on any atom is -0.366 e. The second-order valence-electron chi connectivity index (χ2n) is 4.74. The number of nitrogens with one attached hydrogen (secondary N) is 1. The van der Waals surface area contributed by atoms with Gasteiger partial charge in [-0.05, 0) is 30.3 Å². The van der Waals surface area contributed by atoms with E-state index in [4.69, 9.17) is 17.3 Å². The molecule has 3 N–H and O–H groups in total. The number of hydrogen-bond acceptors (Lipinski definition) is 5. The van der Waals surface area contributed by atoms with Crippen LogP contribution in [0.5, 0.6) is 0 Å². The summed E-state index contributed by atoms with van der Waals surface area (Å²) in [6, 6.07) is 9.67. The number of aromatic nitrogens is 3. The van der Waals surface area contributed by atoms with Crippen LogP contribution in [0, 0.1) is 11.6 Å². The summed E-state index contributed by atoms with van der Waals surface area (Å²) < 4.78 is 28.3. The van der Waals surface area contributed by atoms with Crippen molar-refractivity contribution < 1.29 is 13.6 Å². The molecule has 1 heterocycles. The first-order valence-corrected chi connectivity index (χ1v) is 7.07. The van der Waals surface area contributed by atoms with Gasteiger partial charge in [-0.2, -0.15) is 9.67 Å². The van der Waals surface area contributed by atoms with Crippen LogP contribution in [0.3, 0.4) is 0 Å². The van der Waals surface area contributed by atoms with Crippen LogP contribution in [0.2, 0.25) is 5.02 Å². The molecule has 122 valence electrons. The molecule has 0 aliphatic heterocycles. The van der Waals surface area contributed by atoms with E-state index in [1.807, 2.05) is 0 Å². The average Bonchev–Trinajstić information content (AvgIpc) is 2.87. The Morgan fingerprint density at radius 1 is 1.17 bits per heavy atom. The van der Waals surface area contributed by atoms with Gasteiger partial charge in [0.1, 0.15) is 17.2 Å². The fourth-order valence-corrected chi connectivity index (χ4v) is 2.24. The van der Waals surface area contributed by atoms with E-state index >= 15 is 0 Å². The molecule has 1 aromatic heterocycles. The van der Waals surface area contributed by atoms with Crippen molar-refractivity contribution in [3.63, 3.8) is 0 Å². The molecule has 0 unspecified atom stereocenters. The Morgan fingerprint density at radius 2 is 1.83 bits per heavy atom. The predicted molar refractivity (Wildman–Crippen MR) is 85.3 cm³/mol. The molecule has 0 aliphatic rings. The SMILES string of the molecule is Nc1nc(Nc2cccc(Cl)c2)n(C(=O)c2c(F)cccc2F)n1. The third kappa shape index (κ3) is 3.04. The lowest BCUT2D eigenvalue weighted by Gasteiger charge is -2.08. The number of nitrogens with zero attached hydrogens (tertiary/aromatic N) is 3. The zero-order valence-corrected chi connectivity index (χ0v) is 12.8. The molecule has 3 aromatic rings. The van der Waals surface area contributed by atoms with Crippen molar-refractivity contribution in [2.75, 3.05) is 11.1 Å². The number of nitrogens with two attached hydrogens (primary N) is 1. The van der Waals surface area contributed by atoms with Crippen molar-refractivity contribution in [1.82, 2.24) is 14.8 Å². The van der Waals surface area contributed by atoms with Gasteiger partial charge in [0.2, 0.25) is 11.9 Å². The Kier molecular flexibility index (Phi) is 4.13. The van der Waals surface area contributed by atoms with Gasteiger partial charge >= 0.3 is 0 Å². The van der Waals surface area contributed by atoms with Crippen LogP contribution in [0.25, 0.3) is 0 Å². The molecular formula is C15H10ClF2N5O. The van der Waals surface area contributed by atoms with Crippen molar-refractivity contribution in [3.8, 4) is 0 Å². The topological polar surface area (TPSA) is 85.8 Å². The van der Waals surface area contributed by atoms with Gasteiger partial charge in [-0.25, -0.2) is 8.78 Å². The minimum atomic E-state index is -1.04. The first-order chi connectivity index (χ1) is 11.5. The summed E-state index contributed by atoms with van der Waals surface area (Å²) in [7, 11) is 0. The lowest BCUT2D eigenvalue weighted by molar-refractivity contribution is 0.0939. The zero-order chi connectivity index (χ0) is 17.3. The van der Waals surface area contributed by atoms with E-state index in [-0.39, 0.29) is 11.9 Å². The third-order valence-corrected chi connectivity index (χ3v) is 3.31. The first-order valence-electron chi connectivity index (χ1n) is 6.69. The Balaban J connectivity index is 2.02. The quantitative estimate of drug-likeness (QED) is 0.758. The molecule has 9 heteroatoms. The molecule has 0 fully saturated rings. The summed E-state index contributed by atoms with van der Waals surface area (Å²) in [6.45, 7) is 0. The Morgan fingerprint density at radius 3 is 2.50 bits per heavy atom. The van der Waals surface area contributed by atoms with Crippen LogP contribution >= 0.6 is 11.6 Å². The van der Waals surface area contributed by atoms with Gasteiger partial charge in [0.15, 0.2) is 0 Å². The van der Waals surface area contributed by atoms with E-state index in [0.717, 1.165) is 18.2 Å². The lowest BCUT2D eigenvalue weighted by Crippen LogP contribution is -2.19. The second-order valence-corrected chi connectivity index (χ2v) is 5.18. The summed E-state index contributed by atoms with van der Waals surface area (Å²) in [4.78, 5) is 16.3. The maximum Gasteiger partial charge on any atom is 0.287 e. The molecule has 2 aromatic carbocycles. The van der Waals surface area contributed by atoms with E-state index in [1.54, 1.807) is 24.3 Å². The Hall–Kier alpha value is -3.00. The fourth-order valence-electron chi connectivity index (χ4n) is 2.05. The fraction of sp³-hybridized carbons (Fsp3) is 0. The molecule has 0 radical (unpaired) electrons. The molecule has 24 heavy (non-hydrogen) atoms. The van der Waals surface area contributed by atoms with Gasteiger partial charge in [-0.1, -0.05) is 23.7 Å². The van der Waals surface area contributed by atoms with E-state index in [1.165, 1.54) is 0 Å². The van der Waals surface area contributed by atoms with Gasteiger partial charge in [0.05, 0.1) is 0 Å². The number of anilines is 3. The highest BCUT2D eigenvalue weighted by Crippen LogP contribution is 2.21. The maximum absolute atomic E-state index is 13.8. The molecule has 0 aliphatic carbocycles. The molecule has 0 bridgehead atoms. The first kappa shape index (κ1) is 15.9. The monoisotopic (exact) mass is 349 g/mol. The number of nitrogen functional groups attached to an aromatic ring is 1. The molecule has 0 amide bonds. The smallest absolute Gasteiger partial charge is 0.287 e. The van der Waals surface area contributed by atoms with Crippen molar-refractivity contribution in [1.29, 1.82) is 0 Å². The predicted octanol–water partition coefficient (Wildman–Crippen LogP) is 3.22. The molecule has 0 atom stereocenters. The number of carbonyl (C=O) groups excluding carboxylic acids is 1. The van der Waals surface area contributed by atoms with Crippen LogP contribution in [-0.4, -0.2) is 20.7 Å². The van der Waals surface area contributed by atoms with E-state index in [9.17, 15) is 13.6 Å². The van der Waals surface area contributed by atoms with Gasteiger partial charge in [-0.15, -0.1) is 5.10 Å². The number of hydrogen-bond donors (Lipinski definition) is 2. The van der Waals surface area contributed by atoms with Crippen molar-refractivity contribution in [2.24, 2.45) is 0 Å². The zero-order valence-electron chi connectivity index (χ0n) is 12.0. The lowest BCUT2D eigenvalue weighted by atomic mass is 10.2. The van der Waals surface area contributed by atoms with Crippen LogP contribution in [0.15, 0.2) is 42.5 Å². The number of halogens is 3. The van der Waals surface area contributed by atoms with Gasteiger partial charge in [0.25, 0.3) is 5.91 Å². The highest BCUT2D eigenvalue weighted by molar-refractivity contribution is 6.30. The molecule has 0 saturated carbocycles. The summed E-state index contributed by atoms with van der Waals surface area (Å²) in [5, 5.41) is 6.93. The van der Waals surface area contributed by atoms with Gasteiger partial charge < -0.3 is 11.1 Å². The molecule has 3 rings (SSSR count). The molecule has 0 saturated heterocycles. The third-order valence-electron chi connectivity index (χ3n) is 3.07. The maximum atomic E-state index is 13.8. The van der Waals surface area contributed by atoms with E-state index in [2.05, 4.69) is 15.4 Å². The normalized spacial score (nSPS) is 10.6. The van der Waals surface area contributed by atoms with Crippen LogP contribution in [0.1, 0.15) is 10.4 Å². The van der Waals surface area contributed by atoms with Gasteiger partial charge in [-0.3, -0.25) is 4.79 Å². The number of carbonyl (C=O) groups is 1. The summed E-state index contributed by atoms with van der Waals surface area (Å²) >= 11 is 5.88. The van der Waals surface area contributed by atoms with Crippen LogP contribution < -0.4 is 11.1 Å².